The molecule has 180 valence electrons. The average Bonchev–Trinajstić information content (AvgIpc) is 3.17. The molecule has 0 heterocycles. The standard InChI is InChI=1S/C27H26N2O6/c1-16-13-17(25(30)28-24(15-34-2)26(31)32)11-12-23(16)29-27(33)35-14-22-20-9-5-3-7-18(20)19-8-4-6-10-21(19)22/h3-13,22,24H,14-15H2,1-2H3,(H,28,30)(H,29,33)(H,31,32)/t24-/m0/s1. The van der Waals surface area contributed by atoms with E-state index in [2.05, 4.69) is 34.9 Å². The van der Waals surface area contributed by atoms with Crippen LogP contribution in [0.2, 0.25) is 0 Å². The number of fused-ring (bicyclic) bond motifs is 3. The van der Waals surface area contributed by atoms with Gasteiger partial charge in [-0.3, -0.25) is 10.1 Å². The zero-order chi connectivity index (χ0) is 24.9. The molecule has 3 aromatic rings. The van der Waals surface area contributed by atoms with E-state index in [4.69, 9.17) is 9.47 Å². The van der Waals surface area contributed by atoms with E-state index in [1.165, 1.54) is 13.2 Å². The molecule has 0 spiro atoms. The number of nitrogens with one attached hydrogen (secondary N) is 2. The van der Waals surface area contributed by atoms with E-state index in [1.807, 2.05) is 24.3 Å². The van der Waals surface area contributed by atoms with Crippen molar-refractivity contribution in [1.82, 2.24) is 5.32 Å². The third kappa shape index (κ3) is 5.17. The number of aliphatic carboxylic acids is 1. The van der Waals surface area contributed by atoms with Crippen LogP contribution in [0.1, 0.15) is 33.0 Å². The maximum absolute atomic E-state index is 12.6. The second kappa shape index (κ2) is 10.4. The summed E-state index contributed by atoms with van der Waals surface area (Å²) in [7, 11) is 1.36. The van der Waals surface area contributed by atoms with Crippen LogP contribution in [0.25, 0.3) is 11.1 Å². The van der Waals surface area contributed by atoms with E-state index in [1.54, 1.807) is 19.1 Å². The molecule has 0 radical (unpaired) electrons. The van der Waals surface area contributed by atoms with Gasteiger partial charge in [0.1, 0.15) is 6.61 Å². The normalized spacial score (nSPS) is 12.9. The van der Waals surface area contributed by atoms with Crippen molar-refractivity contribution in [3.05, 3.63) is 89.0 Å². The first kappa shape index (κ1) is 24.0. The number of ether oxygens (including phenoxy) is 2. The molecule has 0 fully saturated rings. The number of carbonyl (C=O) groups is 3. The number of hydrogen-bond donors (Lipinski definition) is 3. The van der Waals surface area contributed by atoms with Crippen LogP contribution in [-0.4, -0.2) is 49.4 Å². The lowest BCUT2D eigenvalue weighted by molar-refractivity contribution is -0.140. The molecule has 4 rings (SSSR count). The van der Waals surface area contributed by atoms with Gasteiger partial charge in [0.25, 0.3) is 5.91 Å². The van der Waals surface area contributed by atoms with Gasteiger partial charge in [-0.1, -0.05) is 48.5 Å². The Morgan fingerprint density at radius 1 is 0.971 bits per heavy atom. The second-order valence-electron chi connectivity index (χ2n) is 8.30. The molecule has 0 saturated heterocycles. The lowest BCUT2D eigenvalue weighted by atomic mass is 9.98. The first-order chi connectivity index (χ1) is 16.9. The molecule has 8 heteroatoms. The SMILES string of the molecule is COC[C@H](NC(=O)c1ccc(NC(=O)OCC2c3ccccc3-c3ccccc32)c(C)c1)C(=O)O. The van der Waals surface area contributed by atoms with Crippen molar-refractivity contribution in [2.24, 2.45) is 0 Å². The first-order valence-corrected chi connectivity index (χ1v) is 11.1. The van der Waals surface area contributed by atoms with Crippen molar-refractivity contribution in [2.45, 2.75) is 18.9 Å². The van der Waals surface area contributed by atoms with E-state index in [9.17, 15) is 19.5 Å². The summed E-state index contributed by atoms with van der Waals surface area (Å²) in [6, 6.07) is 19.7. The summed E-state index contributed by atoms with van der Waals surface area (Å²) in [5.41, 5.74) is 5.94. The lowest BCUT2D eigenvalue weighted by Gasteiger charge is -2.16. The topological polar surface area (TPSA) is 114 Å². The number of carboxylic acid groups (broad SMARTS) is 1. The van der Waals surface area contributed by atoms with Crippen molar-refractivity contribution >= 4 is 23.7 Å². The minimum atomic E-state index is -1.19. The van der Waals surface area contributed by atoms with Gasteiger partial charge in [0.05, 0.1) is 6.61 Å². The van der Waals surface area contributed by atoms with Crippen molar-refractivity contribution in [2.75, 3.05) is 25.6 Å². The summed E-state index contributed by atoms with van der Waals surface area (Å²) in [6.45, 7) is 1.77. The Bertz CT molecular complexity index is 1230. The average molecular weight is 475 g/mol. The number of anilines is 1. The van der Waals surface area contributed by atoms with Crippen LogP contribution in [0.5, 0.6) is 0 Å². The Kier molecular flexibility index (Phi) is 7.12. The fourth-order valence-corrected chi connectivity index (χ4v) is 4.27. The number of carbonyl (C=O) groups excluding carboxylic acids is 2. The molecule has 35 heavy (non-hydrogen) atoms. The molecule has 2 amide bonds. The Hall–Kier alpha value is -4.17. The number of methoxy groups -OCH3 is 1. The Morgan fingerprint density at radius 3 is 2.17 bits per heavy atom. The van der Waals surface area contributed by atoms with Crippen LogP contribution in [0.15, 0.2) is 66.7 Å². The summed E-state index contributed by atoms with van der Waals surface area (Å²) < 4.78 is 10.4. The largest absolute Gasteiger partial charge is 0.480 e. The monoisotopic (exact) mass is 474 g/mol. The molecular formula is C27H26N2O6. The van der Waals surface area contributed by atoms with E-state index < -0.39 is 24.0 Å². The zero-order valence-electron chi connectivity index (χ0n) is 19.4. The highest BCUT2D eigenvalue weighted by Crippen LogP contribution is 2.44. The highest BCUT2D eigenvalue weighted by molar-refractivity contribution is 5.97. The number of rotatable bonds is 8. The fraction of sp³-hybridized carbons (Fsp3) is 0.222. The Balaban J connectivity index is 1.39. The number of aryl methyl sites for hydroxylation is 1. The van der Waals surface area contributed by atoms with Crippen LogP contribution >= 0.6 is 0 Å². The lowest BCUT2D eigenvalue weighted by Crippen LogP contribution is -2.43. The van der Waals surface area contributed by atoms with Crippen molar-refractivity contribution in [3.63, 3.8) is 0 Å². The third-order valence-corrected chi connectivity index (χ3v) is 6.01. The third-order valence-electron chi connectivity index (χ3n) is 6.01. The number of hydrogen-bond acceptors (Lipinski definition) is 5. The predicted octanol–water partition coefficient (Wildman–Crippen LogP) is 4.19. The minimum absolute atomic E-state index is 0.0467. The maximum atomic E-state index is 12.6. The number of benzene rings is 3. The summed E-state index contributed by atoms with van der Waals surface area (Å²) in [4.78, 5) is 36.2. The quantitative estimate of drug-likeness (QED) is 0.451. The molecular weight excluding hydrogens is 448 g/mol. The highest BCUT2D eigenvalue weighted by Gasteiger charge is 2.29. The van der Waals surface area contributed by atoms with Crippen molar-refractivity contribution in [3.8, 4) is 11.1 Å². The van der Waals surface area contributed by atoms with Gasteiger partial charge in [-0.05, 0) is 52.9 Å². The first-order valence-electron chi connectivity index (χ1n) is 11.1. The van der Waals surface area contributed by atoms with Gasteiger partial charge in [-0.15, -0.1) is 0 Å². The van der Waals surface area contributed by atoms with Gasteiger partial charge in [-0.2, -0.15) is 0 Å². The van der Waals surface area contributed by atoms with Gasteiger partial charge < -0.3 is 19.9 Å². The van der Waals surface area contributed by atoms with Crippen LogP contribution in [-0.2, 0) is 14.3 Å². The van der Waals surface area contributed by atoms with Gasteiger partial charge in [0.2, 0.25) is 0 Å². The van der Waals surface area contributed by atoms with Gasteiger partial charge in [-0.25, -0.2) is 9.59 Å². The van der Waals surface area contributed by atoms with Crippen LogP contribution in [0.3, 0.4) is 0 Å². The molecule has 3 N–H and O–H groups in total. The highest BCUT2D eigenvalue weighted by atomic mass is 16.5. The molecule has 1 aliphatic carbocycles. The molecule has 0 bridgehead atoms. The molecule has 3 aromatic carbocycles. The Labute approximate surface area is 202 Å². The molecule has 0 unspecified atom stereocenters. The van der Waals surface area contributed by atoms with Crippen molar-refractivity contribution in [1.29, 1.82) is 0 Å². The maximum Gasteiger partial charge on any atom is 0.411 e. The molecule has 0 aromatic heterocycles. The van der Waals surface area contributed by atoms with Gasteiger partial charge in [0, 0.05) is 24.3 Å². The van der Waals surface area contributed by atoms with Crippen LogP contribution in [0, 0.1) is 6.92 Å². The molecule has 0 saturated carbocycles. The zero-order valence-corrected chi connectivity index (χ0v) is 19.4. The molecule has 1 aliphatic rings. The minimum Gasteiger partial charge on any atom is -0.480 e. The summed E-state index contributed by atoms with van der Waals surface area (Å²) in [5.74, 6) is -1.79. The van der Waals surface area contributed by atoms with Crippen LogP contribution in [0.4, 0.5) is 10.5 Å². The van der Waals surface area contributed by atoms with E-state index in [0.717, 1.165) is 22.3 Å². The van der Waals surface area contributed by atoms with E-state index in [-0.39, 0.29) is 24.7 Å². The van der Waals surface area contributed by atoms with E-state index in [0.29, 0.717) is 11.3 Å². The van der Waals surface area contributed by atoms with Crippen molar-refractivity contribution < 1.29 is 29.0 Å². The molecule has 0 aliphatic heterocycles. The van der Waals surface area contributed by atoms with Gasteiger partial charge in [0.15, 0.2) is 6.04 Å². The number of amides is 2. The van der Waals surface area contributed by atoms with Crippen LogP contribution < -0.4 is 10.6 Å². The number of carboxylic acids is 1. The summed E-state index contributed by atoms with van der Waals surface area (Å²) in [5, 5.41) is 14.3. The smallest absolute Gasteiger partial charge is 0.411 e. The molecule has 1 atom stereocenters. The predicted molar refractivity (Wildman–Crippen MR) is 131 cm³/mol. The Morgan fingerprint density at radius 2 is 1.60 bits per heavy atom. The second-order valence-corrected chi connectivity index (χ2v) is 8.30. The summed E-state index contributed by atoms with van der Waals surface area (Å²) >= 11 is 0. The van der Waals surface area contributed by atoms with E-state index >= 15 is 0 Å². The molecule has 8 nitrogen and oxygen atoms in total. The van der Waals surface area contributed by atoms with Gasteiger partial charge >= 0.3 is 12.1 Å². The summed E-state index contributed by atoms with van der Waals surface area (Å²) in [6.07, 6.45) is -0.599. The fourth-order valence-electron chi connectivity index (χ4n) is 4.27.